The fraction of sp³-hybridized carbons (Fsp3) is 0.355. The average Bonchev–Trinajstić information content (AvgIpc) is 2.98. The van der Waals surface area contributed by atoms with Crippen LogP contribution in [0.4, 0.5) is 5.69 Å². The van der Waals surface area contributed by atoms with Crippen LogP contribution in [-0.4, -0.2) is 58.0 Å². The normalized spacial score (nSPS) is 12.6. The molecular formula is C31H38BrN3O6S. The van der Waals surface area contributed by atoms with E-state index >= 15 is 0 Å². The van der Waals surface area contributed by atoms with E-state index < -0.39 is 28.5 Å². The highest BCUT2D eigenvalue weighted by atomic mass is 79.9. The molecule has 0 fully saturated rings. The Hall–Kier alpha value is -3.57. The quantitative estimate of drug-likeness (QED) is 0.267. The number of hydrogen-bond donors (Lipinski definition) is 1. The Balaban J connectivity index is 2.06. The van der Waals surface area contributed by atoms with Gasteiger partial charge in [-0.3, -0.25) is 13.9 Å². The summed E-state index contributed by atoms with van der Waals surface area (Å²) in [6.45, 7) is 6.95. The number of methoxy groups -OCH3 is 2. The molecule has 0 heterocycles. The van der Waals surface area contributed by atoms with Crippen molar-refractivity contribution in [3.8, 4) is 11.5 Å². The lowest BCUT2D eigenvalue weighted by atomic mass is 10.1. The molecule has 0 aliphatic carbocycles. The number of amides is 2. The first kappa shape index (κ1) is 32.9. The number of nitrogens with zero attached hydrogens (tertiary/aromatic N) is 2. The van der Waals surface area contributed by atoms with Crippen LogP contribution in [0.15, 0.2) is 76.1 Å². The summed E-state index contributed by atoms with van der Waals surface area (Å²) in [6.07, 6.45) is 0.725. The molecule has 3 rings (SSSR count). The van der Waals surface area contributed by atoms with Crippen LogP contribution in [0.2, 0.25) is 0 Å². The van der Waals surface area contributed by atoms with Gasteiger partial charge in [-0.25, -0.2) is 8.42 Å². The van der Waals surface area contributed by atoms with E-state index in [0.717, 1.165) is 26.3 Å². The van der Waals surface area contributed by atoms with Crippen LogP contribution >= 0.6 is 15.9 Å². The summed E-state index contributed by atoms with van der Waals surface area (Å²) in [4.78, 5) is 28.6. The molecule has 0 saturated carbocycles. The predicted octanol–water partition coefficient (Wildman–Crippen LogP) is 5.30. The van der Waals surface area contributed by atoms with Crippen molar-refractivity contribution in [2.24, 2.45) is 0 Å². The molecule has 0 unspecified atom stereocenters. The summed E-state index contributed by atoms with van der Waals surface area (Å²) in [6, 6.07) is 17.6. The molecule has 0 saturated heterocycles. The van der Waals surface area contributed by atoms with Gasteiger partial charge in [0.15, 0.2) is 11.5 Å². The van der Waals surface area contributed by atoms with Crippen molar-refractivity contribution >= 4 is 43.5 Å². The van der Waals surface area contributed by atoms with Crippen LogP contribution in [0, 0.1) is 6.92 Å². The highest BCUT2D eigenvalue weighted by Gasteiger charge is 2.33. The summed E-state index contributed by atoms with van der Waals surface area (Å²) in [5.41, 5.74) is 2.02. The summed E-state index contributed by atoms with van der Waals surface area (Å²) in [5.74, 6) is -0.250. The fourth-order valence-electron chi connectivity index (χ4n) is 4.22. The first-order valence-electron chi connectivity index (χ1n) is 13.6. The van der Waals surface area contributed by atoms with E-state index in [9.17, 15) is 18.0 Å². The largest absolute Gasteiger partial charge is 0.493 e. The molecule has 0 aliphatic heterocycles. The van der Waals surface area contributed by atoms with Crippen LogP contribution in [0.3, 0.4) is 0 Å². The zero-order valence-electron chi connectivity index (χ0n) is 24.8. The smallest absolute Gasteiger partial charge is 0.264 e. The molecule has 2 atom stereocenters. The van der Waals surface area contributed by atoms with Crippen LogP contribution in [0.1, 0.15) is 38.3 Å². The fourth-order valence-corrected chi connectivity index (χ4v) is 6.10. The standard InChI is InChI=1S/C31H38BrN3O6S/c1-7-22(3)33-31(37)23(4)34(19-24-9-8-10-25(32)17-24)30(36)20-35(26-13-11-21(2)12-14-26)42(38,39)27-15-16-28(40-5)29(18-27)41-6/h8-18,22-23H,7,19-20H2,1-6H3,(H,33,37)/t22-,23+/m1/s1. The lowest BCUT2D eigenvalue weighted by Crippen LogP contribution is -2.52. The van der Waals surface area contributed by atoms with E-state index in [2.05, 4.69) is 21.2 Å². The van der Waals surface area contributed by atoms with Crippen molar-refractivity contribution in [2.45, 2.75) is 57.6 Å². The number of nitrogens with one attached hydrogen (secondary N) is 1. The molecule has 226 valence electrons. The molecular weight excluding hydrogens is 622 g/mol. The molecule has 0 aliphatic rings. The molecule has 42 heavy (non-hydrogen) atoms. The third-order valence-electron chi connectivity index (χ3n) is 6.95. The number of carbonyl (C=O) groups excluding carboxylic acids is 2. The number of halogens is 1. The number of benzene rings is 3. The molecule has 9 nitrogen and oxygen atoms in total. The SMILES string of the molecule is CC[C@@H](C)NC(=O)[C@H](C)N(Cc1cccc(Br)c1)C(=O)CN(c1ccc(C)cc1)S(=O)(=O)c1ccc(OC)c(OC)c1. The molecule has 0 radical (unpaired) electrons. The lowest BCUT2D eigenvalue weighted by Gasteiger charge is -2.32. The zero-order valence-corrected chi connectivity index (χ0v) is 27.2. The Bertz CT molecular complexity index is 1500. The molecule has 3 aromatic carbocycles. The first-order valence-corrected chi connectivity index (χ1v) is 15.8. The Kier molecular flexibility index (Phi) is 11.4. The van der Waals surface area contributed by atoms with E-state index in [4.69, 9.17) is 9.47 Å². The highest BCUT2D eigenvalue weighted by Crippen LogP contribution is 2.32. The number of ether oxygens (including phenoxy) is 2. The molecule has 1 N–H and O–H groups in total. The summed E-state index contributed by atoms with van der Waals surface area (Å²) in [5, 5.41) is 2.93. The number of rotatable bonds is 13. The molecule has 11 heteroatoms. The second-order valence-electron chi connectivity index (χ2n) is 10.0. The van der Waals surface area contributed by atoms with Gasteiger partial charge in [0.05, 0.1) is 24.8 Å². The Morgan fingerprint density at radius 3 is 2.21 bits per heavy atom. The Morgan fingerprint density at radius 1 is 0.952 bits per heavy atom. The van der Waals surface area contributed by atoms with Crippen LogP contribution < -0.4 is 19.1 Å². The summed E-state index contributed by atoms with van der Waals surface area (Å²) in [7, 11) is -1.38. The molecule has 3 aromatic rings. The number of carbonyl (C=O) groups is 2. The van der Waals surface area contributed by atoms with E-state index in [0.29, 0.717) is 11.4 Å². The van der Waals surface area contributed by atoms with E-state index in [1.165, 1.54) is 37.3 Å². The molecule has 0 aromatic heterocycles. The highest BCUT2D eigenvalue weighted by molar-refractivity contribution is 9.10. The lowest BCUT2D eigenvalue weighted by molar-refractivity contribution is -0.139. The second-order valence-corrected chi connectivity index (χ2v) is 12.8. The van der Waals surface area contributed by atoms with E-state index in [1.54, 1.807) is 31.2 Å². The van der Waals surface area contributed by atoms with Crippen molar-refractivity contribution in [3.63, 3.8) is 0 Å². The molecule has 0 spiro atoms. The minimum atomic E-state index is -4.26. The van der Waals surface area contributed by atoms with Crippen molar-refractivity contribution in [3.05, 3.63) is 82.3 Å². The van der Waals surface area contributed by atoms with E-state index in [-0.39, 0.29) is 29.1 Å². The van der Waals surface area contributed by atoms with Crippen LogP contribution in [0.25, 0.3) is 0 Å². The van der Waals surface area contributed by atoms with E-state index in [1.807, 2.05) is 45.0 Å². The van der Waals surface area contributed by atoms with Crippen LogP contribution in [-0.2, 0) is 26.2 Å². The number of sulfonamides is 1. The van der Waals surface area contributed by atoms with Gasteiger partial charge in [0.25, 0.3) is 10.0 Å². The summed E-state index contributed by atoms with van der Waals surface area (Å²) < 4.78 is 40.7. The van der Waals surface area contributed by atoms with Gasteiger partial charge >= 0.3 is 0 Å². The average molecular weight is 661 g/mol. The molecule has 0 bridgehead atoms. The Labute approximate surface area is 257 Å². The monoisotopic (exact) mass is 659 g/mol. The van der Waals surface area contributed by atoms with Crippen molar-refractivity contribution in [2.75, 3.05) is 25.1 Å². The third-order valence-corrected chi connectivity index (χ3v) is 9.22. The van der Waals surface area contributed by atoms with Gasteiger partial charge in [0.2, 0.25) is 11.8 Å². The van der Waals surface area contributed by atoms with Crippen molar-refractivity contribution < 1.29 is 27.5 Å². The van der Waals surface area contributed by atoms with Gasteiger partial charge in [-0.15, -0.1) is 0 Å². The first-order chi connectivity index (χ1) is 19.9. The van der Waals surface area contributed by atoms with Crippen molar-refractivity contribution in [1.29, 1.82) is 0 Å². The predicted molar refractivity (Wildman–Crippen MR) is 167 cm³/mol. The van der Waals surface area contributed by atoms with Gasteiger partial charge in [-0.1, -0.05) is 52.7 Å². The van der Waals surface area contributed by atoms with Gasteiger partial charge in [0, 0.05) is 23.1 Å². The minimum absolute atomic E-state index is 0.0744. The summed E-state index contributed by atoms with van der Waals surface area (Å²) >= 11 is 3.46. The maximum absolute atomic E-state index is 14.1. The number of hydrogen-bond acceptors (Lipinski definition) is 6. The maximum atomic E-state index is 14.1. The van der Waals surface area contributed by atoms with Gasteiger partial charge in [0.1, 0.15) is 12.6 Å². The molecule has 2 amide bonds. The third kappa shape index (κ3) is 8.04. The van der Waals surface area contributed by atoms with Gasteiger partial charge in [-0.05, 0) is 69.2 Å². The second kappa shape index (κ2) is 14.6. The number of anilines is 1. The maximum Gasteiger partial charge on any atom is 0.264 e. The minimum Gasteiger partial charge on any atom is -0.493 e. The van der Waals surface area contributed by atoms with Gasteiger partial charge < -0.3 is 19.7 Å². The van der Waals surface area contributed by atoms with Crippen LogP contribution in [0.5, 0.6) is 11.5 Å². The topological polar surface area (TPSA) is 105 Å². The number of aryl methyl sites for hydroxylation is 1. The zero-order chi connectivity index (χ0) is 31.0. The Morgan fingerprint density at radius 2 is 1.62 bits per heavy atom. The van der Waals surface area contributed by atoms with Crippen molar-refractivity contribution in [1.82, 2.24) is 10.2 Å². The van der Waals surface area contributed by atoms with Gasteiger partial charge in [-0.2, -0.15) is 0 Å².